The fraction of sp³-hybridized carbons (Fsp3) is 0.733. The summed E-state index contributed by atoms with van der Waals surface area (Å²) in [4.78, 5) is 46.5. The van der Waals surface area contributed by atoms with E-state index >= 15 is 0 Å². The minimum atomic E-state index is -1.32. The lowest BCUT2D eigenvalue weighted by atomic mass is 9.97. The molecule has 0 aromatic carbocycles. The topological polar surface area (TPSA) is 185 Å². The van der Waals surface area contributed by atoms with E-state index < -0.39 is 47.9 Å². The summed E-state index contributed by atoms with van der Waals surface area (Å²) in [6, 6.07) is -3.56. The van der Waals surface area contributed by atoms with E-state index in [1.807, 2.05) is 0 Å². The van der Waals surface area contributed by atoms with E-state index in [-0.39, 0.29) is 18.8 Å². The summed E-state index contributed by atoms with van der Waals surface area (Å²) in [6.07, 6.45) is -0.945. The summed E-state index contributed by atoms with van der Waals surface area (Å²) in [5, 5.41) is 23.3. The molecule has 0 saturated carbocycles. The maximum absolute atomic E-state index is 12.4. The number of carboxylic acid groups (broad SMARTS) is 1. The SMILES string of the molecule is CC[C@H](C)[C@H](NC(=O)[C@@H](N)[C@@H](C)O)C(=O)N[C@@H](CCC(N)=O)C(=O)O. The van der Waals surface area contributed by atoms with Crippen molar-refractivity contribution in [3.05, 3.63) is 0 Å². The van der Waals surface area contributed by atoms with E-state index in [9.17, 15) is 24.3 Å². The van der Waals surface area contributed by atoms with Gasteiger partial charge in [0.1, 0.15) is 18.1 Å². The lowest BCUT2D eigenvalue weighted by Crippen LogP contribution is -2.58. The van der Waals surface area contributed by atoms with Crippen LogP contribution in [-0.2, 0) is 19.2 Å². The molecular weight excluding hydrogens is 332 g/mol. The number of hydrogen-bond acceptors (Lipinski definition) is 6. The molecule has 0 bridgehead atoms. The van der Waals surface area contributed by atoms with Crippen LogP contribution >= 0.6 is 0 Å². The number of rotatable bonds is 11. The number of amides is 3. The maximum atomic E-state index is 12.4. The molecule has 8 N–H and O–H groups in total. The summed E-state index contributed by atoms with van der Waals surface area (Å²) < 4.78 is 0. The van der Waals surface area contributed by atoms with E-state index in [4.69, 9.17) is 16.6 Å². The van der Waals surface area contributed by atoms with E-state index in [0.29, 0.717) is 6.42 Å². The molecule has 0 unspecified atom stereocenters. The highest BCUT2D eigenvalue weighted by Gasteiger charge is 2.31. The van der Waals surface area contributed by atoms with E-state index in [1.165, 1.54) is 6.92 Å². The Morgan fingerprint density at radius 1 is 1.08 bits per heavy atom. The average Bonchev–Trinajstić information content (AvgIpc) is 2.53. The third kappa shape index (κ3) is 7.94. The zero-order valence-electron chi connectivity index (χ0n) is 14.7. The van der Waals surface area contributed by atoms with Crippen molar-refractivity contribution in [1.29, 1.82) is 0 Å². The Morgan fingerprint density at radius 2 is 1.64 bits per heavy atom. The largest absolute Gasteiger partial charge is 0.480 e. The molecule has 0 aliphatic carbocycles. The summed E-state index contributed by atoms with van der Waals surface area (Å²) in [5.41, 5.74) is 10.5. The third-order valence-corrected chi connectivity index (χ3v) is 3.91. The van der Waals surface area contributed by atoms with Crippen molar-refractivity contribution in [3.63, 3.8) is 0 Å². The molecule has 0 heterocycles. The zero-order chi connectivity index (χ0) is 19.7. The molecule has 0 aromatic rings. The van der Waals surface area contributed by atoms with Gasteiger partial charge >= 0.3 is 5.97 Å². The van der Waals surface area contributed by atoms with Gasteiger partial charge in [0.05, 0.1) is 6.10 Å². The molecule has 144 valence electrons. The number of nitrogens with one attached hydrogen (secondary N) is 2. The van der Waals surface area contributed by atoms with Crippen molar-refractivity contribution in [3.8, 4) is 0 Å². The molecular formula is C15H28N4O6. The highest BCUT2D eigenvalue weighted by molar-refractivity contribution is 5.92. The van der Waals surface area contributed by atoms with Crippen LogP contribution in [0, 0.1) is 5.92 Å². The fourth-order valence-electron chi connectivity index (χ4n) is 1.98. The van der Waals surface area contributed by atoms with Crippen molar-refractivity contribution in [2.24, 2.45) is 17.4 Å². The molecule has 0 aliphatic heterocycles. The van der Waals surface area contributed by atoms with Gasteiger partial charge in [-0.1, -0.05) is 20.3 Å². The van der Waals surface area contributed by atoms with Crippen LogP contribution in [0.25, 0.3) is 0 Å². The quantitative estimate of drug-likeness (QED) is 0.247. The summed E-state index contributed by atoms with van der Waals surface area (Å²) in [7, 11) is 0. The van der Waals surface area contributed by atoms with Crippen LogP contribution in [0.5, 0.6) is 0 Å². The number of carbonyl (C=O) groups is 4. The van der Waals surface area contributed by atoms with Crippen LogP contribution in [-0.4, -0.2) is 58.1 Å². The van der Waals surface area contributed by atoms with E-state index in [0.717, 1.165) is 0 Å². The summed E-state index contributed by atoms with van der Waals surface area (Å²) in [5.74, 6) is -3.74. The van der Waals surface area contributed by atoms with Crippen LogP contribution in [0.15, 0.2) is 0 Å². The number of primary amides is 1. The van der Waals surface area contributed by atoms with Crippen molar-refractivity contribution >= 4 is 23.7 Å². The molecule has 0 radical (unpaired) electrons. The van der Waals surface area contributed by atoms with Gasteiger partial charge in [0.15, 0.2) is 0 Å². The second-order valence-electron chi connectivity index (χ2n) is 6.04. The van der Waals surface area contributed by atoms with Gasteiger partial charge in [-0.05, 0) is 19.3 Å². The second-order valence-corrected chi connectivity index (χ2v) is 6.04. The van der Waals surface area contributed by atoms with E-state index in [1.54, 1.807) is 13.8 Å². The normalized spacial score (nSPS) is 16.8. The molecule has 0 spiro atoms. The van der Waals surface area contributed by atoms with Gasteiger partial charge in [-0.3, -0.25) is 14.4 Å². The number of carboxylic acids is 1. The molecule has 3 amide bonds. The highest BCUT2D eigenvalue weighted by Crippen LogP contribution is 2.10. The smallest absolute Gasteiger partial charge is 0.326 e. The number of carbonyl (C=O) groups excluding carboxylic acids is 3. The Kier molecular flexibility index (Phi) is 9.69. The monoisotopic (exact) mass is 360 g/mol. The van der Waals surface area contributed by atoms with Crippen molar-refractivity contribution in [2.45, 2.75) is 64.3 Å². The van der Waals surface area contributed by atoms with Crippen molar-refractivity contribution in [2.75, 3.05) is 0 Å². The van der Waals surface area contributed by atoms with Crippen LogP contribution < -0.4 is 22.1 Å². The van der Waals surface area contributed by atoms with Gasteiger partial charge in [-0.2, -0.15) is 0 Å². The standard InChI is InChI=1S/C15H28N4O6/c1-4-7(2)12(19-13(22)11(17)8(3)20)14(23)18-9(15(24)25)5-6-10(16)21/h7-9,11-12,20H,4-6,17H2,1-3H3,(H2,16,21)(H,18,23)(H,19,22)(H,24,25)/t7-,8+,9-,11-,12-/m0/s1. The van der Waals surface area contributed by atoms with Crippen molar-refractivity contribution < 1.29 is 29.4 Å². The first-order valence-electron chi connectivity index (χ1n) is 8.06. The third-order valence-electron chi connectivity index (χ3n) is 3.91. The van der Waals surface area contributed by atoms with Gasteiger partial charge in [-0.15, -0.1) is 0 Å². The van der Waals surface area contributed by atoms with Gasteiger partial charge in [0.2, 0.25) is 17.7 Å². The highest BCUT2D eigenvalue weighted by atomic mass is 16.4. The Hall–Kier alpha value is -2.20. The molecule has 0 aromatic heterocycles. The van der Waals surface area contributed by atoms with Crippen LogP contribution in [0.2, 0.25) is 0 Å². The Bertz CT molecular complexity index is 496. The second kappa shape index (κ2) is 10.6. The number of aliphatic carboxylic acids is 1. The Labute approximate surface area is 146 Å². The van der Waals surface area contributed by atoms with E-state index in [2.05, 4.69) is 10.6 Å². The first kappa shape index (κ1) is 22.8. The molecule has 10 heteroatoms. The molecule has 0 fully saturated rings. The Balaban J connectivity index is 5.12. The lowest BCUT2D eigenvalue weighted by molar-refractivity contribution is -0.143. The zero-order valence-corrected chi connectivity index (χ0v) is 14.7. The Morgan fingerprint density at radius 3 is 2.04 bits per heavy atom. The fourth-order valence-corrected chi connectivity index (χ4v) is 1.98. The number of aliphatic hydroxyl groups excluding tert-OH is 1. The van der Waals surface area contributed by atoms with Crippen molar-refractivity contribution in [1.82, 2.24) is 10.6 Å². The van der Waals surface area contributed by atoms with Crippen LogP contribution in [0.4, 0.5) is 0 Å². The molecule has 0 aliphatic rings. The molecule has 0 rings (SSSR count). The maximum Gasteiger partial charge on any atom is 0.326 e. The number of aliphatic hydroxyl groups is 1. The first-order chi connectivity index (χ1) is 11.5. The van der Waals surface area contributed by atoms with Gasteiger partial charge in [0, 0.05) is 6.42 Å². The molecule has 10 nitrogen and oxygen atoms in total. The minimum Gasteiger partial charge on any atom is -0.480 e. The predicted octanol–water partition coefficient (Wildman–Crippen LogP) is -1.94. The van der Waals surface area contributed by atoms with Crippen LogP contribution in [0.1, 0.15) is 40.0 Å². The lowest BCUT2D eigenvalue weighted by Gasteiger charge is -2.27. The minimum absolute atomic E-state index is 0.162. The summed E-state index contributed by atoms with van der Waals surface area (Å²) >= 11 is 0. The number of hydrogen-bond donors (Lipinski definition) is 6. The van der Waals surface area contributed by atoms with Crippen LogP contribution in [0.3, 0.4) is 0 Å². The molecule has 25 heavy (non-hydrogen) atoms. The number of nitrogens with two attached hydrogens (primary N) is 2. The van der Waals surface area contributed by atoms with Gasteiger partial charge < -0.3 is 32.3 Å². The van der Waals surface area contributed by atoms with Gasteiger partial charge in [-0.25, -0.2) is 4.79 Å². The predicted molar refractivity (Wildman–Crippen MR) is 89.0 cm³/mol. The molecule has 5 atom stereocenters. The first-order valence-corrected chi connectivity index (χ1v) is 8.06. The average molecular weight is 360 g/mol. The van der Waals surface area contributed by atoms with Gasteiger partial charge in [0.25, 0.3) is 0 Å². The summed E-state index contributed by atoms with van der Waals surface area (Å²) in [6.45, 7) is 4.85. The molecule has 0 saturated heterocycles.